The van der Waals surface area contributed by atoms with Crippen LogP contribution in [0.25, 0.3) is 0 Å². The fourth-order valence-corrected chi connectivity index (χ4v) is 2.38. The summed E-state index contributed by atoms with van der Waals surface area (Å²) in [4.78, 5) is 10.9. The standard InChI is InChI=1S/C10H16O4/c11-10(12)8-3-6-14-9(8)7-1-4-13-5-2-7/h7-9H,1-6H2,(H,11,12)/t8-,9-/m0/s1. The first-order chi connectivity index (χ1) is 6.79. The highest BCUT2D eigenvalue weighted by atomic mass is 16.5. The maximum absolute atomic E-state index is 10.9. The minimum atomic E-state index is -0.709. The van der Waals surface area contributed by atoms with Crippen LogP contribution >= 0.6 is 0 Å². The van der Waals surface area contributed by atoms with Gasteiger partial charge in [-0.3, -0.25) is 4.79 Å². The highest BCUT2D eigenvalue weighted by Gasteiger charge is 2.39. The molecule has 2 rings (SSSR count). The molecule has 2 saturated heterocycles. The molecule has 0 aromatic carbocycles. The molecule has 0 aromatic heterocycles. The third-order valence-electron chi connectivity index (χ3n) is 3.18. The fourth-order valence-electron chi connectivity index (χ4n) is 2.38. The van der Waals surface area contributed by atoms with E-state index in [0.29, 0.717) is 18.9 Å². The molecule has 2 fully saturated rings. The summed E-state index contributed by atoms with van der Waals surface area (Å²) in [6.07, 6.45) is 2.47. The maximum atomic E-state index is 10.9. The van der Waals surface area contributed by atoms with Crippen LogP contribution in [0, 0.1) is 11.8 Å². The smallest absolute Gasteiger partial charge is 0.309 e. The third-order valence-corrected chi connectivity index (χ3v) is 3.18. The van der Waals surface area contributed by atoms with Crippen LogP contribution in [0.3, 0.4) is 0 Å². The van der Waals surface area contributed by atoms with Gasteiger partial charge in [0.2, 0.25) is 0 Å². The highest BCUT2D eigenvalue weighted by molar-refractivity contribution is 5.71. The van der Waals surface area contributed by atoms with Gasteiger partial charge in [0.25, 0.3) is 0 Å². The van der Waals surface area contributed by atoms with E-state index in [0.717, 1.165) is 26.1 Å². The molecule has 0 aliphatic carbocycles. The van der Waals surface area contributed by atoms with Gasteiger partial charge in [-0.05, 0) is 25.2 Å². The maximum Gasteiger partial charge on any atom is 0.309 e. The van der Waals surface area contributed by atoms with E-state index < -0.39 is 5.97 Å². The predicted molar refractivity (Wildman–Crippen MR) is 49.0 cm³/mol. The van der Waals surface area contributed by atoms with Crippen molar-refractivity contribution < 1.29 is 19.4 Å². The molecule has 2 aliphatic rings. The molecule has 80 valence electrons. The monoisotopic (exact) mass is 200 g/mol. The Morgan fingerprint density at radius 2 is 1.86 bits per heavy atom. The summed E-state index contributed by atoms with van der Waals surface area (Å²) in [5.74, 6) is -0.621. The summed E-state index contributed by atoms with van der Waals surface area (Å²) in [5, 5.41) is 9.00. The summed E-state index contributed by atoms with van der Waals surface area (Å²) >= 11 is 0. The van der Waals surface area contributed by atoms with Crippen LogP contribution in [-0.2, 0) is 14.3 Å². The lowest BCUT2D eigenvalue weighted by Crippen LogP contribution is -2.34. The molecule has 1 N–H and O–H groups in total. The molecule has 0 radical (unpaired) electrons. The number of hydrogen-bond acceptors (Lipinski definition) is 3. The van der Waals surface area contributed by atoms with Gasteiger partial charge >= 0.3 is 5.97 Å². The Morgan fingerprint density at radius 1 is 1.14 bits per heavy atom. The summed E-state index contributed by atoms with van der Waals surface area (Å²) in [5.41, 5.74) is 0. The van der Waals surface area contributed by atoms with Crippen LogP contribution in [0.4, 0.5) is 0 Å². The number of rotatable bonds is 2. The molecular weight excluding hydrogens is 184 g/mol. The summed E-state index contributed by atoms with van der Waals surface area (Å²) in [7, 11) is 0. The minimum absolute atomic E-state index is 0.0728. The van der Waals surface area contributed by atoms with Crippen molar-refractivity contribution >= 4 is 5.97 Å². The zero-order valence-corrected chi connectivity index (χ0v) is 8.15. The van der Waals surface area contributed by atoms with Crippen molar-refractivity contribution in [2.75, 3.05) is 19.8 Å². The van der Waals surface area contributed by atoms with Gasteiger partial charge in [0.05, 0.1) is 12.0 Å². The Morgan fingerprint density at radius 3 is 2.50 bits per heavy atom. The van der Waals surface area contributed by atoms with Crippen molar-refractivity contribution in [3.8, 4) is 0 Å². The Bertz CT molecular complexity index is 210. The highest BCUT2D eigenvalue weighted by Crippen LogP contribution is 2.32. The van der Waals surface area contributed by atoms with Crippen molar-refractivity contribution in [3.05, 3.63) is 0 Å². The molecule has 2 aliphatic heterocycles. The second-order valence-electron chi connectivity index (χ2n) is 4.02. The second kappa shape index (κ2) is 4.28. The zero-order chi connectivity index (χ0) is 9.97. The minimum Gasteiger partial charge on any atom is -0.481 e. The number of carboxylic acid groups (broad SMARTS) is 1. The van der Waals surface area contributed by atoms with Crippen LogP contribution in [0.5, 0.6) is 0 Å². The SMILES string of the molecule is O=C(O)[C@H]1CCO[C@H]1C1CCOCC1. The molecule has 14 heavy (non-hydrogen) atoms. The van der Waals surface area contributed by atoms with E-state index in [1.807, 2.05) is 0 Å². The van der Waals surface area contributed by atoms with Crippen LogP contribution in [0.15, 0.2) is 0 Å². The molecule has 2 atom stereocenters. The molecule has 2 heterocycles. The van der Waals surface area contributed by atoms with Crippen LogP contribution < -0.4 is 0 Å². The Balaban J connectivity index is 1.97. The molecule has 0 saturated carbocycles. The number of carboxylic acids is 1. The van der Waals surface area contributed by atoms with Crippen LogP contribution in [0.2, 0.25) is 0 Å². The Labute approximate surface area is 83.2 Å². The van der Waals surface area contributed by atoms with Gasteiger partial charge in [0.15, 0.2) is 0 Å². The average molecular weight is 200 g/mol. The van der Waals surface area contributed by atoms with E-state index in [1.165, 1.54) is 0 Å². The second-order valence-corrected chi connectivity index (χ2v) is 4.02. The quantitative estimate of drug-likeness (QED) is 0.719. The van der Waals surface area contributed by atoms with Crippen molar-refractivity contribution in [1.29, 1.82) is 0 Å². The average Bonchev–Trinajstić information content (AvgIpc) is 2.67. The fraction of sp³-hybridized carbons (Fsp3) is 0.900. The Kier molecular flexibility index (Phi) is 3.03. The summed E-state index contributed by atoms with van der Waals surface area (Å²) in [6, 6.07) is 0. The number of hydrogen-bond donors (Lipinski definition) is 1. The lowest BCUT2D eigenvalue weighted by Gasteiger charge is -2.29. The van der Waals surface area contributed by atoms with E-state index in [9.17, 15) is 4.79 Å². The molecule has 0 bridgehead atoms. The summed E-state index contributed by atoms with van der Waals surface area (Å²) in [6.45, 7) is 2.09. The molecule has 4 nitrogen and oxygen atoms in total. The van der Waals surface area contributed by atoms with E-state index >= 15 is 0 Å². The van der Waals surface area contributed by atoms with Crippen molar-refractivity contribution in [3.63, 3.8) is 0 Å². The van der Waals surface area contributed by atoms with Gasteiger partial charge in [-0.25, -0.2) is 0 Å². The lowest BCUT2D eigenvalue weighted by atomic mass is 9.86. The first-order valence-corrected chi connectivity index (χ1v) is 5.21. The predicted octanol–water partition coefficient (Wildman–Crippen LogP) is 0.903. The van der Waals surface area contributed by atoms with Gasteiger partial charge in [0.1, 0.15) is 0 Å². The van der Waals surface area contributed by atoms with E-state index in [2.05, 4.69) is 0 Å². The van der Waals surface area contributed by atoms with Gasteiger partial charge < -0.3 is 14.6 Å². The molecule has 0 amide bonds. The van der Waals surface area contributed by atoms with Crippen molar-refractivity contribution in [1.82, 2.24) is 0 Å². The normalized spacial score (nSPS) is 34.6. The zero-order valence-electron chi connectivity index (χ0n) is 8.15. The number of ether oxygens (including phenoxy) is 2. The topological polar surface area (TPSA) is 55.8 Å². The van der Waals surface area contributed by atoms with E-state index in [-0.39, 0.29) is 12.0 Å². The molecule has 0 aromatic rings. The summed E-state index contributed by atoms with van der Waals surface area (Å²) < 4.78 is 10.8. The largest absolute Gasteiger partial charge is 0.481 e. The van der Waals surface area contributed by atoms with Gasteiger partial charge in [-0.15, -0.1) is 0 Å². The molecule has 0 spiro atoms. The first kappa shape index (κ1) is 9.93. The van der Waals surface area contributed by atoms with Crippen LogP contribution in [0.1, 0.15) is 19.3 Å². The van der Waals surface area contributed by atoms with Gasteiger partial charge in [0, 0.05) is 19.8 Å². The van der Waals surface area contributed by atoms with E-state index in [1.54, 1.807) is 0 Å². The Hall–Kier alpha value is -0.610. The lowest BCUT2D eigenvalue weighted by molar-refractivity contribution is -0.145. The first-order valence-electron chi connectivity index (χ1n) is 5.21. The van der Waals surface area contributed by atoms with Gasteiger partial charge in [-0.1, -0.05) is 0 Å². The molecular formula is C10H16O4. The third kappa shape index (κ3) is 1.91. The number of carbonyl (C=O) groups is 1. The van der Waals surface area contributed by atoms with Crippen LogP contribution in [-0.4, -0.2) is 37.0 Å². The molecule has 4 heteroatoms. The molecule has 0 unspecified atom stereocenters. The van der Waals surface area contributed by atoms with Crippen molar-refractivity contribution in [2.24, 2.45) is 11.8 Å². The van der Waals surface area contributed by atoms with Gasteiger partial charge in [-0.2, -0.15) is 0 Å². The van der Waals surface area contributed by atoms with Crippen molar-refractivity contribution in [2.45, 2.75) is 25.4 Å². The number of aliphatic carboxylic acids is 1. The van der Waals surface area contributed by atoms with E-state index in [4.69, 9.17) is 14.6 Å².